The van der Waals surface area contributed by atoms with Crippen molar-refractivity contribution in [3.63, 3.8) is 0 Å². The molecule has 6 heavy (non-hydrogen) atoms. The second-order valence-corrected chi connectivity index (χ2v) is 1.28. The quantitative estimate of drug-likeness (QED) is 0.359. The predicted octanol–water partition coefficient (Wildman–Crippen LogP) is 0.410. The van der Waals surface area contributed by atoms with Crippen molar-refractivity contribution >= 4 is 13.4 Å². The first-order valence-corrected chi connectivity index (χ1v) is 1.86. The highest BCUT2D eigenvalue weighted by atomic mass is 16.5. The Labute approximate surface area is 37.6 Å². The molecule has 0 heterocycles. The summed E-state index contributed by atoms with van der Waals surface area (Å²) in [5, 5.41) is 0. The number of carbonyl (C=O) groups excluding carboxylic acids is 1. The number of hydrogen-bond donors (Lipinski definition) is 0. The maximum absolute atomic E-state index is 9.39. The zero-order valence-electron chi connectivity index (χ0n) is 3.97. The Morgan fingerprint density at radius 3 is 2.17 bits per heavy atom. The maximum atomic E-state index is 9.39. The minimum Gasteiger partial charge on any atom is -0.539 e. The smallest absolute Gasteiger partial charge is 0.354 e. The molecule has 0 aromatic rings. The molecule has 0 saturated carbocycles. The zero-order valence-corrected chi connectivity index (χ0v) is 3.97. The molecule has 0 aliphatic rings. The Hall–Kier alpha value is -0.465. The molecule has 3 heteroatoms. The van der Waals surface area contributed by atoms with Gasteiger partial charge in [0.2, 0.25) is 0 Å². The molecule has 0 amide bonds. The average Bonchev–Trinajstić information content (AvgIpc) is 1.35. The van der Waals surface area contributed by atoms with Crippen molar-refractivity contribution < 1.29 is 9.45 Å². The Morgan fingerprint density at radius 2 is 2.17 bits per heavy atom. The molecule has 0 atom stereocenters. The minimum atomic E-state index is 0.0301. The second kappa shape index (κ2) is 2.76. The first-order chi connectivity index (χ1) is 2.77. The van der Waals surface area contributed by atoms with Gasteiger partial charge in [0.05, 0.1) is 0 Å². The lowest BCUT2D eigenvalue weighted by molar-refractivity contribution is -0.120. The van der Waals surface area contributed by atoms with Gasteiger partial charge in [0, 0.05) is 0 Å². The molecule has 0 aliphatic heterocycles. The van der Waals surface area contributed by atoms with Gasteiger partial charge in [-0.25, -0.2) is 0 Å². The first kappa shape index (κ1) is 5.53. The van der Waals surface area contributed by atoms with Crippen LogP contribution in [0.5, 0.6) is 0 Å². The fourth-order valence-corrected chi connectivity index (χ4v) is 0.111. The Bertz CT molecular complexity index is 44.1. The van der Waals surface area contributed by atoms with E-state index in [0.29, 0.717) is 6.47 Å². The first-order valence-electron chi connectivity index (χ1n) is 1.86. The lowest BCUT2D eigenvalue weighted by Gasteiger charge is -1.91. The Morgan fingerprint density at radius 1 is 1.67 bits per heavy atom. The van der Waals surface area contributed by atoms with Crippen molar-refractivity contribution in [2.75, 3.05) is 0 Å². The topological polar surface area (TPSA) is 26.3 Å². The van der Waals surface area contributed by atoms with E-state index in [9.17, 15) is 4.79 Å². The van der Waals surface area contributed by atoms with Gasteiger partial charge in [-0.2, -0.15) is 0 Å². The minimum absolute atomic E-state index is 0.0301. The van der Waals surface area contributed by atoms with E-state index in [0.717, 1.165) is 0 Å². The summed E-state index contributed by atoms with van der Waals surface area (Å²) in [6.07, 6.45) is 0. The van der Waals surface area contributed by atoms with Gasteiger partial charge in [-0.15, -0.1) is 0 Å². The Balaban J connectivity index is 2.81. The molecule has 0 fully saturated rings. The summed E-state index contributed by atoms with van der Waals surface area (Å²) >= 11 is 0. The molecule has 0 N–H and O–H groups in total. The van der Waals surface area contributed by atoms with Crippen LogP contribution < -0.4 is 0 Å². The van der Waals surface area contributed by atoms with Crippen molar-refractivity contribution in [3.8, 4) is 0 Å². The molecule has 0 rings (SSSR count). The third kappa shape index (κ3) is 3.53. The molecule has 34 valence electrons. The van der Waals surface area contributed by atoms with E-state index in [1.807, 2.05) is 0 Å². The van der Waals surface area contributed by atoms with Crippen molar-refractivity contribution in [2.45, 2.75) is 13.6 Å². The molecule has 0 aliphatic carbocycles. The van der Waals surface area contributed by atoms with E-state index in [1.54, 1.807) is 13.6 Å². The summed E-state index contributed by atoms with van der Waals surface area (Å²) in [6, 6.07) is 0. The van der Waals surface area contributed by atoms with Gasteiger partial charge < -0.3 is 4.65 Å². The van der Waals surface area contributed by atoms with E-state index in [1.165, 1.54) is 0 Å². The summed E-state index contributed by atoms with van der Waals surface area (Å²) in [7, 11) is 0. The van der Waals surface area contributed by atoms with Crippen molar-refractivity contribution in [3.05, 3.63) is 0 Å². The van der Waals surface area contributed by atoms with Gasteiger partial charge >= 0.3 is 6.92 Å². The highest BCUT2D eigenvalue weighted by Crippen LogP contribution is 1.74. The van der Waals surface area contributed by atoms with Crippen molar-refractivity contribution in [2.24, 2.45) is 0 Å². The summed E-state index contributed by atoms with van der Waals surface area (Å²) < 4.78 is 4.36. The summed E-state index contributed by atoms with van der Waals surface area (Å²) in [6.45, 7) is 4.08. The van der Waals surface area contributed by atoms with Gasteiger partial charge in [-0.3, -0.25) is 4.79 Å². The maximum Gasteiger partial charge on any atom is 0.354 e. The van der Waals surface area contributed by atoms with E-state index in [2.05, 4.69) is 4.65 Å². The monoisotopic (exact) mass is 86.1 g/mol. The molecule has 0 aromatic carbocycles. The second-order valence-electron chi connectivity index (χ2n) is 1.28. The molecule has 0 saturated heterocycles. The Kier molecular flexibility index (Phi) is 2.54. The SMILES string of the molecule is CB(C)OC=O. The van der Waals surface area contributed by atoms with Gasteiger partial charge in [-0.05, 0) is 13.6 Å². The van der Waals surface area contributed by atoms with Gasteiger partial charge in [0.15, 0.2) is 0 Å². The molecule has 0 unspecified atom stereocenters. The third-order valence-electron chi connectivity index (χ3n) is 0.328. The molecule has 2 nitrogen and oxygen atoms in total. The molecule has 0 spiro atoms. The number of carbonyl (C=O) groups is 1. The van der Waals surface area contributed by atoms with Crippen molar-refractivity contribution in [1.29, 1.82) is 0 Å². The van der Waals surface area contributed by atoms with E-state index in [4.69, 9.17) is 0 Å². The predicted molar refractivity (Wildman–Crippen MR) is 24.6 cm³/mol. The highest BCUT2D eigenvalue weighted by molar-refractivity contribution is 6.49. The lowest BCUT2D eigenvalue weighted by Crippen LogP contribution is -2.04. The van der Waals surface area contributed by atoms with Crippen LogP contribution in [0.4, 0.5) is 0 Å². The van der Waals surface area contributed by atoms with Gasteiger partial charge in [-0.1, -0.05) is 0 Å². The van der Waals surface area contributed by atoms with Gasteiger partial charge in [0.25, 0.3) is 6.47 Å². The van der Waals surface area contributed by atoms with E-state index in [-0.39, 0.29) is 6.92 Å². The fraction of sp³-hybridized carbons (Fsp3) is 0.667. The van der Waals surface area contributed by atoms with E-state index >= 15 is 0 Å². The standard InChI is InChI=1S/C3H7BO2/c1-4(2)6-3-5/h3H,1-2H3. The highest BCUT2D eigenvalue weighted by Gasteiger charge is 1.93. The van der Waals surface area contributed by atoms with Crippen LogP contribution in [0.3, 0.4) is 0 Å². The number of hydrogen-bond acceptors (Lipinski definition) is 2. The van der Waals surface area contributed by atoms with Crippen LogP contribution in [0.2, 0.25) is 13.6 Å². The average molecular weight is 85.9 g/mol. The molecule has 0 aromatic heterocycles. The van der Waals surface area contributed by atoms with Crippen LogP contribution in [0.1, 0.15) is 0 Å². The third-order valence-corrected chi connectivity index (χ3v) is 0.328. The molecular weight excluding hydrogens is 78.8 g/mol. The normalized spacial score (nSPS) is 7.00. The lowest BCUT2D eigenvalue weighted by atomic mass is 9.75. The summed E-state index contributed by atoms with van der Waals surface area (Å²) in [5.74, 6) is 0. The largest absolute Gasteiger partial charge is 0.539 e. The zero-order chi connectivity index (χ0) is 4.99. The summed E-state index contributed by atoms with van der Waals surface area (Å²) in [4.78, 5) is 9.39. The van der Waals surface area contributed by atoms with Crippen molar-refractivity contribution in [1.82, 2.24) is 0 Å². The fourth-order valence-electron chi connectivity index (χ4n) is 0.111. The van der Waals surface area contributed by atoms with Gasteiger partial charge in [0.1, 0.15) is 0 Å². The van der Waals surface area contributed by atoms with Crippen LogP contribution in [-0.4, -0.2) is 13.4 Å². The molecule has 0 bridgehead atoms. The van der Waals surface area contributed by atoms with Crippen LogP contribution in [0.25, 0.3) is 0 Å². The van der Waals surface area contributed by atoms with Crippen LogP contribution in [-0.2, 0) is 9.45 Å². The van der Waals surface area contributed by atoms with Crippen LogP contribution >= 0.6 is 0 Å². The number of rotatable bonds is 2. The van der Waals surface area contributed by atoms with Crippen LogP contribution in [0.15, 0.2) is 0 Å². The van der Waals surface area contributed by atoms with Crippen LogP contribution in [0, 0.1) is 0 Å². The molecular formula is C3H7BO2. The summed E-state index contributed by atoms with van der Waals surface area (Å²) in [5.41, 5.74) is 0. The van der Waals surface area contributed by atoms with E-state index < -0.39 is 0 Å². The molecule has 0 radical (unpaired) electrons.